The summed E-state index contributed by atoms with van der Waals surface area (Å²) >= 11 is 0. The van der Waals surface area contributed by atoms with Gasteiger partial charge in [0.05, 0.1) is 11.7 Å². The fourth-order valence-corrected chi connectivity index (χ4v) is 1.68. The minimum Gasteiger partial charge on any atom is -0.367 e. The first-order chi connectivity index (χ1) is 5.02. The Labute approximate surface area is 69.1 Å². The first-order valence-corrected chi connectivity index (χ1v) is 4.70. The monoisotopic (exact) mass is 154 g/mol. The molecule has 1 heteroatoms. The molecule has 1 saturated carbocycles. The Morgan fingerprint density at radius 1 is 1.27 bits per heavy atom. The van der Waals surface area contributed by atoms with Gasteiger partial charge in [0, 0.05) is 0 Å². The molecule has 1 atom stereocenters. The van der Waals surface area contributed by atoms with Crippen molar-refractivity contribution in [3.8, 4) is 0 Å². The molecule has 1 aliphatic carbocycles. The molecule has 1 aliphatic heterocycles. The third-order valence-corrected chi connectivity index (χ3v) is 3.28. The summed E-state index contributed by atoms with van der Waals surface area (Å²) in [6, 6.07) is 0. The lowest BCUT2D eigenvalue weighted by atomic mass is 9.98. The molecule has 0 aromatic carbocycles. The first-order valence-electron chi connectivity index (χ1n) is 4.70. The van der Waals surface area contributed by atoms with Crippen molar-refractivity contribution in [1.82, 2.24) is 0 Å². The van der Waals surface area contributed by atoms with Gasteiger partial charge in [-0.15, -0.1) is 0 Å². The summed E-state index contributed by atoms with van der Waals surface area (Å²) in [6.07, 6.45) is 6.12. The molecule has 11 heavy (non-hydrogen) atoms. The molecule has 1 unspecified atom stereocenters. The summed E-state index contributed by atoms with van der Waals surface area (Å²) in [7, 11) is 0. The number of rotatable bonds is 3. The zero-order valence-corrected chi connectivity index (χ0v) is 7.81. The van der Waals surface area contributed by atoms with Crippen molar-refractivity contribution in [3.05, 3.63) is 0 Å². The van der Waals surface area contributed by atoms with Crippen molar-refractivity contribution in [2.24, 2.45) is 5.41 Å². The second-order valence-corrected chi connectivity index (χ2v) is 5.06. The number of hydrogen-bond acceptors (Lipinski definition) is 1. The van der Waals surface area contributed by atoms with E-state index in [0.717, 1.165) is 0 Å². The van der Waals surface area contributed by atoms with Gasteiger partial charge in [0.15, 0.2) is 0 Å². The summed E-state index contributed by atoms with van der Waals surface area (Å²) in [5.41, 5.74) is 0.924. The number of ether oxygens (including phenoxy) is 1. The van der Waals surface area contributed by atoms with Gasteiger partial charge in [-0.1, -0.05) is 6.92 Å². The van der Waals surface area contributed by atoms with Gasteiger partial charge < -0.3 is 4.74 Å². The standard InChI is InChI=1S/C10H18O/c1-9(2)8(11-9)4-5-10(3)6-7-10/h8H,4-7H2,1-3H3. The maximum Gasteiger partial charge on any atom is 0.0892 e. The topological polar surface area (TPSA) is 12.5 Å². The largest absolute Gasteiger partial charge is 0.367 e. The van der Waals surface area contributed by atoms with Crippen LogP contribution in [0, 0.1) is 5.41 Å². The van der Waals surface area contributed by atoms with E-state index >= 15 is 0 Å². The minimum atomic E-state index is 0.214. The molecule has 0 radical (unpaired) electrons. The average Bonchev–Trinajstić information content (AvgIpc) is 2.72. The van der Waals surface area contributed by atoms with E-state index in [1.165, 1.54) is 25.7 Å². The van der Waals surface area contributed by atoms with Crippen molar-refractivity contribution in [2.45, 2.75) is 58.2 Å². The van der Waals surface area contributed by atoms with E-state index in [1.54, 1.807) is 0 Å². The molecule has 0 bridgehead atoms. The molecule has 0 spiro atoms. The predicted molar refractivity (Wildman–Crippen MR) is 45.5 cm³/mol. The van der Waals surface area contributed by atoms with Crippen molar-refractivity contribution in [3.63, 3.8) is 0 Å². The van der Waals surface area contributed by atoms with Crippen molar-refractivity contribution in [2.75, 3.05) is 0 Å². The highest BCUT2D eigenvalue weighted by atomic mass is 16.6. The average molecular weight is 154 g/mol. The quantitative estimate of drug-likeness (QED) is 0.569. The number of epoxide rings is 1. The van der Waals surface area contributed by atoms with Crippen LogP contribution in [-0.2, 0) is 4.74 Å². The van der Waals surface area contributed by atoms with Crippen molar-refractivity contribution >= 4 is 0 Å². The Balaban J connectivity index is 1.69. The van der Waals surface area contributed by atoms with E-state index < -0.39 is 0 Å². The van der Waals surface area contributed by atoms with Crippen molar-refractivity contribution in [1.29, 1.82) is 0 Å². The van der Waals surface area contributed by atoms with Crippen LogP contribution in [0.2, 0.25) is 0 Å². The van der Waals surface area contributed by atoms with E-state index in [9.17, 15) is 0 Å². The number of hydrogen-bond donors (Lipinski definition) is 0. The third-order valence-electron chi connectivity index (χ3n) is 3.28. The fraction of sp³-hybridized carbons (Fsp3) is 1.00. The Bertz CT molecular complexity index is 168. The SMILES string of the molecule is CC1(CCC2OC2(C)C)CC1. The van der Waals surface area contributed by atoms with Crippen LogP contribution in [0.4, 0.5) is 0 Å². The minimum absolute atomic E-state index is 0.214. The Morgan fingerprint density at radius 3 is 2.18 bits per heavy atom. The van der Waals surface area contributed by atoms with Gasteiger partial charge >= 0.3 is 0 Å². The summed E-state index contributed by atoms with van der Waals surface area (Å²) in [4.78, 5) is 0. The van der Waals surface area contributed by atoms with Gasteiger partial charge in [0.25, 0.3) is 0 Å². The lowest BCUT2D eigenvalue weighted by Crippen LogP contribution is -2.04. The Kier molecular flexibility index (Phi) is 1.39. The molecular weight excluding hydrogens is 136 g/mol. The summed E-state index contributed by atoms with van der Waals surface area (Å²) in [5, 5.41) is 0. The molecule has 0 N–H and O–H groups in total. The lowest BCUT2D eigenvalue weighted by molar-refractivity contribution is 0.312. The van der Waals surface area contributed by atoms with Gasteiger partial charge in [-0.25, -0.2) is 0 Å². The first kappa shape index (κ1) is 7.60. The van der Waals surface area contributed by atoms with E-state index in [1.807, 2.05) is 0 Å². The van der Waals surface area contributed by atoms with Crippen LogP contribution in [0.3, 0.4) is 0 Å². The van der Waals surface area contributed by atoms with Crippen LogP contribution in [-0.4, -0.2) is 11.7 Å². The molecule has 0 aromatic heterocycles. The van der Waals surface area contributed by atoms with E-state index in [4.69, 9.17) is 4.74 Å². The summed E-state index contributed by atoms with van der Waals surface area (Å²) in [5.74, 6) is 0. The van der Waals surface area contributed by atoms with Crippen LogP contribution in [0.5, 0.6) is 0 Å². The zero-order chi connectivity index (χ0) is 8.11. The van der Waals surface area contributed by atoms with Gasteiger partial charge in [0.2, 0.25) is 0 Å². The van der Waals surface area contributed by atoms with E-state index in [-0.39, 0.29) is 5.60 Å². The van der Waals surface area contributed by atoms with Gasteiger partial charge in [-0.3, -0.25) is 0 Å². The maximum atomic E-state index is 5.53. The molecule has 1 heterocycles. The van der Waals surface area contributed by atoms with Crippen LogP contribution >= 0.6 is 0 Å². The van der Waals surface area contributed by atoms with Crippen LogP contribution in [0.15, 0.2) is 0 Å². The summed E-state index contributed by atoms with van der Waals surface area (Å²) in [6.45, 7) is 6.77. The van der Waals surface area contributed by atoms with E-state index in [2.05, 4.69) is 20.8 Å². The fourth-order valence-electron chi connectivity index (χ4n) is 1.68. The normalized spacial score (nSPS) is 36.8. The Morgan fingerprint density at radius 2 is 1.82 bits per heavy atom. The van der Waals surface area contributed by atoms with Crippen LogP contribution < -0.4 is 0 Å². The van der Waals surface area contributed by atoms with Gasteiger partial charge in [-0.2, -0.15) is 0 Å². The second kappa shape index (κ2) is 2.01. The van der Waals surface area contributed by atoms with Crippen LogP contribution in [0.1, 0.15) is 46.5 Å². The molecule has 64 valence electrons. The predicted octanol–water partition coefficient (Wildman–Crippen LogP) is 2.74. The smallest absolute Gasteiger partial charge is 0.0892 e. The van der Waals surface area contributed by atoms with E-state index in [0.29, 0.717) is 11.5 Å². The third kappa shape index (κ3) is 1.58. The van der Waals surface area contributed by atoms with Crippen molar-refractivity contribution < 1.29 is 4.74 Å². The molecular formula is C10H18O. The van der Waals surface area contributed by atoms with Gasteiger partial charge in [0.1, 0.15) is 0 Å². The molecule has 1 saturated heterocycles. The molecule has 1 nitrogen and oxygen atoms in total. The highest BCUT2D eigenvalue weighted by Gasteiger charge is 2.49. The highest BCUT2D eigenvalue weighted by Crippen LogP contribution is 2.51. The summed E-state index contributed by atoms with van der Waals surface area (Å²) < 4.78 is 5.53. The molecule has 2 aliphatic rings. The maximum absolute atomic E-state index is 5.53. The van der Waals surface area contributed by atoms with Gasteiger partial charge in [-0.05, 0) is 44.9 Å². The second-order valence-electron chi connectivity index (χ2n) is 5.06. The molecule has 0 amide bonds. The molecule has 0 aromatic rings. The lowest BCUT2D eigenvalue weighted by Gasteiger charge is -2.05. The molecule has 2 rings (SSSR count). The molecule has 2 fully saturated rings. The Hall–Kier alpha value is -0.0400. The zero-order valence-electron chi connectivity index (χ0n) is 7.81. The highest BCUT2D eigenvalue weighted by molar-refractivity contribution is 4.97. The van der Waals surface area contributed by atoms with Crippen LogP contribution in [0.25, 0.3) is 0 Å².